The van der Waals surface area contributed by atoms with Crippen molar-refractivity contribution in [3.63, 3.8) is 0 Å². The van der Waals surface area contributed by atoms with Crippen molar-refractivity contribution in [2.45, 2.75) is 6.92 Å². The van der Waals surface area contributed by atoms with E-state index in [1.807, 2.05) is 37.3 Å². The van der Waals surface area contributed by atoms with Crippen LogP contribution < -0.4 is 10.3 Å². The molecule has 0 fully saturated rings. The Kier molecular flexibility index (Phi) is 4.81. The van der Waals surface area contributed by atoms with E-state index in [1.165, 1.54) is 23.5 Å². The quantitative estimate of drug-likeness (QED) is 0.413. The lowest BCUT2D eigenvalue weighted by Crippen LogP contribution is -2.07. The molecule has 0 aliphatic carbocycles. The first-order valence-electron chi connectivity index (χ1n) is 9.89. The van der Waals surface area contributed by atoms with Gasteiger partial charge in [0.2, 0.25) is 5.88 Å². The van der Waals surface area contributed by atoms with Crippen LogP contribution in [0.3, 0.4) is 0 Å². The van der Waals surface area contributed by atoms with Crippen molar-refractivity contribution >= 4 is 31.8 Å². The molecule has 5 rings (SSSR count). The molecule has 3 heterocycles. The van der Waals surface area contributed by atoms with Gasteiger partial charge in [-0.1, -0.05) is 30.3 Å². The fraction of sp³-hybridized carbons (Fsp3) is 0.0833. The molecular formula is C24H16N4O3S. The Labute approximate surface area is 186 Å². The van der Waals surface area contributed by atoms with Crippen molar-refractivity contribution in [2.75, 3.05) is 6.61 Å². The van der Waals surface area contributed by atoms with Crippen LogP contribution in [0.15, 0.2) is 59.4 Å². The summed E-state index contributed by atoms with van der Waals surface area (Å²) in [6.45, 7) is 2.19. The van der Waals surface area contributed by atoms with Crippen molar-refractivity contribution in [3.05, 3.63) is 70.5 Å². The zero-order chi connectivity index (χ0) is 22.2. The molecule has 2 aromatic carbocycles. The SMILES string of the molecule is CCOc1nc2sc3c(=O)[nH]c(-c4ccc(O)cc4)nc3c2c(-c2ccccc2)c1C#N. The van der Waals surface area contributed by atoms with Gasteiger partial charge in [0.25, 0.3) is 5.56 Å². The van der Waals surface area contributed by atoms with Crippen LogP contribution in [0.4, 0.5) is 0 Å². The predicted octanol–water partition coefficient (Wildman–Crippen LogP) is 4.84. The first kappa shape index (κ1) is 19.7. The summed E-state index contributed by atoms with van der Waals surface area (Å²) in [5, 5.41) is 20.2. The first-order valence-corrected chi connectivity index (χ1v) is 10.7. The maximum Gasteiger partial charge on any atom is 0.269 e. The first-order chi connectivity index (χ1) is 15.6. The number of pyridine rings is 1. The number of benzene rings is 2. The fourth-order valence-corrected chi connectivity index (χ4v) is 4.66. The number of nitrogens with one attached hydrogen (secondary N) is 1. The molecule has 0 spiro atoms. The Morgan fingerprint density at radius 1 is 1.09 bits per heavy atom. The van der Waals surface area contributed by atoms with Gasteiger partial charge in [-0.2, -0.15) is 5.26 Å². The molecule has 0 unspecified atom stereocenters. The summed E-state index contributed by atoms with van der Waals surface area (Å²) in [7, 11) is 0. The van der Waals surface area contributed by atoms with Crippen LogP contribution in [0.2, 0.25) is 0 Å². The second-order valence-corrected chi connectivity index (χ2v) is 8.00. The molecule has 0 radical (unpaired) electrons. The van der Waals surface area contributed by atoms with Gasteiger partial charge < -0.3 is 14.8 Å². The van der Waals surface area contributed by atoms with Crippen molar-refractivity contribution in [1.29, 1.82) is 5.26 Å². The van der Waals surface area contributed by atoms with Crippen LogP contribution in [0.1, 0.15) is 12.5 Å². The van der Waals surface area contributed by atoms with Crippen molar-refractivity contribution < 1.29 is 9.84 Å². The number of H-pyrrole nitrogens is 1. The Morgan fingerprint density at radius 3 is 2.53 bits per heavy atom. The number of rotatable bonds is 4. The Hall–Kier alpha value is -4.22. The minimum atomic E-state index is -0.295. The number of hydrogen-bond donors (Lipinski definition) is 2. The molecule has 0 atom stereocenters. The normalized spacial score (nSPS) is 11.0. The summed E-state index contributed by atoms with van der Waals surface area (Å²) in [6.07, 6.45) is 0. The summed E-state index contributed by atoms with van der Waals surface area (Å²) < 4.78 is 6.09. The number of aromatic amines is 1. The standard InChI is InChI=1S/C24H16N4O3S/c1-2-31-23-16(12-25)17(13-6-4-3-5-7-13)18-19-20(32-24(18)28-23)22(30)27-21(26-19)14-8-10-15(29)11-9-14/h3-11,29H,2H2,1H3,(H,26,27,30). The van der Waals surface area contributed by atoms with Gasteiger partial charge in [-0.15, -0.1) is 11.3 Å². The van der Waals surface area contributed by atoms with Crippen LogP contribution in [-0.4, -0.2) is 26.7 Å². The zero-order valence-electron chi connectivity index (χ0n) is 16.9. The summed E-state index contributed by atoms with van der Waals surface area (Å²) in [6, 6.07) is 18.1. The van der Waals surface area contributed by atoms with E-state index >= 15 is 0 Å². The van der Waals surface area contributed by atoms with E-state index in [-0.39, 0.29) is 17.2 Å². The number of ether oxygens (including phenoxy) is 1. The number of nitrogens with zero attached hydrogens (tertiary/aromatic N) is 3. The number of phenols is 1. The van der Waals surface area contributed by atoms with Crippen molar-refractivity contribution in [1.82, 2.24) is 15.0 Å². The van der Waals surface area contributed by atoms with Crippen LogP contribution in [0.25, 0.3) is 42.9 Å². The molecule has 2 N–H and O–H groups in total. The molecule has 0 aliphatic rings. The summed E-state index contributed by atoms with van der Waals surface area (Å²) in [5.74, 6) is 0.729. The Balaban J connectivity index is 1.92. The van der Waals surface area contributed by atoms with Gasteiger partial charge in [-0.05, 0) is 36.8 Å². The molecule has 156 valence electrons. The molecular weight excluding hydrogens is 424 g/mol. The Bertz CT molecular complexity index is 1570. The third-order valence-corrected chi connectivity index (χ3v) is 6.11. The van der Waals surface area contributed by atoms with Gasteiger partial charge >= 0.3 is 0 Å². The van der Waals surface area contributed by atoms with E-state index in [0.29, 0.717) is 49.6 Å². The topological polar surface area (TPSA) is 112 Å². The molecule has 0 aliphatic heterocycles. The molecule has 32 heavy (non-hydrogen) atoms. The highest BCUT2D eigenvalue weighted by molar-refractivity contribution is 7.25. The van der Waals surface area contributed by atoms with E-state index in [9.17, 15) is 15.2 Å². The number of phenolic OH excluding ortho intramolecular Hbond substituents is 1. The lowest BCUT2D eigenvalue weighted by Gasteiger charge is -2.11. The van der Waals surface area contributed by atoms with Gasteiger partial charge in [0.1, 0.15) is 32.7 Å². The van der Waals surface area contributed by atoms with E-state index in [2.05, 4.69) is 16.0 Å². The van der Waals surface area contributed by atoms with Crippen molar-refractivity contribution in [2.24, 2.45) is 0 Å². The number of thiophene rings is 1. The van der Waals surface area contributed by atoms with E-state index in [4.69, 9.17) is 9.72 Å². The lowest BCUT2D eigenvalue weighted by molar-refractivity contribution is 0.327. The van der Waals surface area contributed by atoms with Gasteiger partial charge in [0, 0.05) is 16.5 Å². The lowest BCUT2D eigenvalue weighted by atomic mass is 9.98. The molecule has 8 heteroatoms. The minimum Gasteiger partial charge on any atom is -0.508 e. The third kappa shape index (κ3) is 3.16. The average molecular weight is 440 g/mol. The van der Waals surface area contributed by atoms with Crippen LogP contribution in [0, 0.1) is 11.3 Å². The zero-order valence-corrected chi connectivity index (χ0v) is 17.7. The summed E-state index contributed by atoms with van der Waals surface area (Å²) in [5.41, 5.74) is 2.59. The van der Waals surface area contributed by atoms with Gasteiger partial charge in [-0.3, -0.25) is 4.79 Å². The van der Waals surface area contributed by atoms with Crippen LogP contribution in [-0.2, 0) is 0 Å². The number of aromatic nitrogens is 3. The van der Waals surface area contributed by atoms with Crippen molar-refractivity contribution in [3.8, 4) is 40.2 Å². The maximum absolute atomic E-state index is 13.0. The van der Waals surface area contributed by atoms with Gasteiger partial charge in [0.05, 0.1) is 12.1 Å². The van der Waals surface area contributed by atoms with E-state index in [0.717, 1.165) is 5.56 Å². The highest BCUT2D eigenvalue weighted by atomic mass is 32.1. The highest BCUT2D eigenvalue weighted by Gasteiger charge is 2.23. The summed E-state index contributed by atoms with van der Waals surface area (Å²) in [4.78, 5) is 25.7. The fourth-order valence-electron chi connectivity index (χ4n) is 3.65. The molecule has 7 nitrogen and oxygen atoms in total. The van der Waals surface area contributed by atoms with Crippen LogP contribution >= 0.6 is 11.3 Å². The maximum atomic E-state index is 13.0. The predicted molar refractivity (Wildman–Crippen MR) is 124 cm³/mol. The number of hydrogen-bond acceptors (Lipinski definition) is 7. The van der Waals surface area contributed by atoms with E-state index in [1.54, 1.807) is 12.1 Å². The largest absolute Gasteiger partial charge is 0.508 e. The number of fused-ring (bicyclic) bond motifs is 3. The molecule has 3 aromatic heterocycles. The highest BCUT2D eigenvalue weighted by Crippen LogP contribution is 2.42. The second kappa shape index (κ2) is 7.80. The smallest absolute Gasteiger partial charge is 0.269 e. The number of nitriles is 1. The molecule has 0 saturated carbocycles. The second-order valence-electron chi connectivity index (χ2n) is 7.00. The minimum absolute atomic E-state index is 0.121. The van der Waals surface area contributed by atoms with Gasteiger partial charge in [0.15, 0.2) is 0 Å². The van der Waals surface area contributed by atoms with Gasteiger partial charge in [-0.25, -0.2) is 9.97 Å². The molecule has 5 aromatic rings. The molecule has 0 bridgehead atoms. The average Bonchev–Trinajstić information content (AvgIpc) is 3.18. The monoisotopic (exact) mass is 440 g/mol. The Morgan fingerprint density at radius 2 is 1.84 bits per heavy atom. The molecule has 0 saturated heterocycles. The summed E-state index contributed by atoms with van der Waals surface area (Å²) >= 11 is 1.22. The van der Waals surface area contributed by atoms with Crippen LogP contribution in [0.5, 0.6) is 11.6 Å². The number of aromatic hydroxyl groups is 1. The van der Waals surface area contributed by atoms with E-state index < -0.39 is 0 Å². The molecule has 0 amide bonds. The third-order valence-electron chi connectivity index (χ3n) is 5.04.